The van der Waals surface area contributed by atoms with Crippen molar-refractivity contribution < 1.29 is 18.6 Å². The predicted molar refractivity (Wildman–Crippen MR) is 115 cm³/mol. The normalized spacial score (nSPS) is 18.5. The quantitative estimate of drug-likeness (QED) is 0.620. The van der Waals surface area contributed by atoms with Crippen LogP contribution in [0.15, 0.2) is 73.3 Å². The van der Waals surface area contributed by atoms with Gasteiger partial charge in [0.25, 0.3) is 0 Å². The van der Waals surface area contributed by atoms with Crippen LogP contribution in [0.3, 0.4) is 0 Å². The number of hydrogen-bond acceptors (Lipinski definition) is 6. The van der Waals surface area contributed by atoms with Crippen LogP contribution in [-0.2, 0) is 18.6 Å². The van der Waals surface area contributed by atoms with Crippen LogP contribution in [0.1, 0.15) is 23.0 Å². The lowest BCUT2D eigenvalue weighted by molar-refractivity contribution is 0.120. The fraction of sp³-hybridized carbons (Fsp3) is 0.273. The SMILES string of the molecule is c1cc(C2COB(c3ccc(B4OCC(c5ccncc5)CO4)cc3)OC2)ccn1. The molecule has 0 aliphatic carbocycles. The first-order valence-electron chi connectivity index (χ1n) is 10.2. The van der Waals surface area contributed by atoms with E-state index >= 15 is 0 Å². The maximum absolute atomic E-state index is 5.97. The van der Waals surface area contributed by atoms with Crippen LogP contribution in [0, 0.1) is 0 Å². The molecule has 2 aliphatic rings. The lowest BCUT2D eigenvalue weighted by Gasteiger charge is -2.29. The van der Waals surface area contributed by atoms with Gasteiger partial charge >= 0.3 is 14.2 Å². The first-order valence-corrected chi connectivity index (χ1v) is 10.2. The Labute approximate surface area is 176 Å². The summed E-state index contributed by atoms with van der Waals surface area (Å²) in [5.74, 6) is 0.474. The second-order valence-electron chi connectivity index (χ2n) is 7.62. The minimum atomic E-state index is -0.346. The molecule has 0 radical (unpaired) electrons. The molecule has 8 heteroatoms. The van der Waals surface area contributed by atoms with Crippen LogP contribution < -0.4 is 10.9 Å². The monoisotopic (exact) mass is 400 g/mol. The Morgan fingerprint density at radius 3 is 1.20 bits per heavy atom. The van der Waals surface area contributed by atoms with Crippen LogP contribution in [0.25, 0.3) is 0 Å². The number of aromatic nitrogens is 2. The van der Waals surface area contributed by atoms with E-state index in [9.17, 15) is 0 Å². The molecule has 0 atom stereocenters. The van der Waals surface area contributed by atoms with Gasteiger partial charge in [-0.1, -0.05) is 24.3 Å². The van der Waals surface area contributed by atoms with Crippen LogP contribution in [0.2, 0.25) is 0 Å². The summed E-state index contributed by atoms with van der Waals surface area (Å²) in [5, 5.41) is 0. The van der Waals surface area contributed by atoms with Gasteiger partial charge in [-0.05, 0) is 46.3 Å². The van der Waals surface area contributed by atoms with Crippen molar-refractivity contribution >= 4 is 25.2 Å². The summed E-state index contributed by atoms with van der Waals surface area (Å²) in [6, 6.07) is 16.1. The number of benzene rings is 1. The molecule has 2 saturated heterocycles. The van der Waals surface area contributed by atoms with Crippen molar-refractivity contribution in [2.75, 3.05) is 26.4 Å². The van der Waals surface area contributed by atoms with E-state index in [1.54, 1.807) is 24.8 Å². The molecule has 2 aromatic heterocycles. The van der Waals surface area contributed by atoms with Gasteiger partial charge < -0.3 is 18.6 Å². The first kappa shape index (κ1) is 19.5. The largest absolute Gasteiger partial charge is 0.493 e. The zero-order valence-electron chi connectivity index (χ0n) is 16.6. The average molecular weight is 400 g/mol. The predicted octanol–water partition coefficient (Wildman–Crippen LogP) is 1.53. The highest BCUT2D eigenvalue weighted by molar-refractivity contribution is 6.63. The maximum Gasteiger partial charge on any atom is 0.493 e. The number of nitrogens with zero attached hydrogens (tertiary/aromatic N) is 2. The summed E-state index contributed by atoms with van der Waals surface area (Å²) in [6.45, 7) is 2.51. The standard InChI is InChI=1S/C22H22B2N2O4/c1-2-22(24-29-15-20(16-30-24)18-7-11-26-12-8-18)4-3-21(1)23-27-13-19(14-28-23)17-5-9-25-10-6-17/h1-12,19-20H,13-16H2. The molecular formula is C22H22B2N2O4. The number of pyridine rings is 2. The summed E-state index contributed by atoms with van der Waals surface area (Å²) in [5.41, 5.74) is 4.38. The van der Waals surface area contributed by atoms with Gasteiger partial charge in [0.05, 0.1) is 0 Å². The summed E-state index contributed by atoms with van der Waals surface area (Å²) < 4.78 is 23.9. The third-order valence-corrected chi connectivity index (χ3v) is 5.63. The van der Waals surface area contributed by atoms with Gasteiger partial charge in [-0.25, -0.2) is 0 Å². The Bertz CT molecular complexity index is 852. The van der Waals surface area contributed by atoms with Crippen molar-refractivity contribution in [3.8, 4) is 0 Å². The Morgan fingerprint density at radius 2 is 0.867 bits per heavy atom. The molecule has 2 aliphatic heterocycles. The Kier molecular flexibility index (Phi) is 5.90. The Morgan fingerprint density at radius 1 is 0.533 bits per heavy atom. The van der Waals surface area contributed by atoms with E-state index < -0.39 is 0 Å². The highest BCUT2D eigenvalue weighted by Gasteiger charge is 2.32. The summed E-state index contributed by atoms with van der Waals surface area (Å²) >= 11 is 0. The zero-order valence-corrected chi connectivity index (χ0v) is 16.6. The minimum Gasteiger partial charge on any atom is -0.407 e. The molecule has 5 rings (SSSR count). The molecule has 30 heavy (non-hydrogen) atoms. The van der Waals surface area contributed by atoms with Gasteiger partial charge in [-0.2, -0.15) is 0 Å². The molecule has 0 amide bonds. The minimum absolute atomic E-state index is 0.237. The van der Waals surface area contributed by atoms with Gasteiger partial charge in [0.1, 0.15) is 0 Å². The fourth-order valence-corrected chi connectivity index (χ4v) is 3.86. The lowest BCUT2D eigenvalue weighted by atomic mass is 9.72. The highest BCUT2D eigenvalue weighted by atomic mass is 16.6. The van der Waals surface area contributed by atoms with E-state index in [1.807, 2.05) is 48.5 Å². The van der Waals surface area contributed by atoms with Gasteiger partial charge in [-0.15, -0.1) is 0 Å². The molecule has 0 spiro atoms. The first-order chi connectivity index (χ1) is 14.9. The fourth-order valence-electron chi connectivity index (χ4n) is 3.86. The number of rotatable bonds is 4. The lowest BCUT2D eigenvalue weighted by Crippen LogP contribution is -2.46. The molecule has 150 valence electrons. The molecule has 1 aromatic carbocycles. The second-order valence-corrected chi connectivity index (χ2v) is 7.62. The third kappa shape index (κ3) is 4.32. The van der Waals surface area contributed by atoms with Gasteiger partial charge in [0.15, 0.2) is 0 Å². The van der Waals surface area contributed by atoms with E-state index in [-0.39, 0.29) is 26.1 Å². The van der Waals surface area contributed by atoms with Gasteiger partial charge in [0.2, 0.25) is 0 Å². The van der Waals surface area contributed by atoms with Crippen molar-refractivity contribution in [1.29, 1.82) is 0 Å². The zero-order chi connectivity index (χ0) is 20.2. The van der Waals surface area contributed by atoms with Crippen LogP contribution in [-0.4, -0.2) is 50.6 Å². The molecule has 6 nitrogen and oxygen atoms in total. The highest BCUT2D eigenvalue weighted by Crippen LogP contribution is 2.21. The second kappa shape index (κ2) is 9.10. The summed E-state index contributed by atoms with van der Waals surface area (Å²) in [4.78, 5) is 8.13. The molecule has 2 fully saturated rings. The van der Waals surface area contributed by atoms with E-state index in [1.165, 1.54) is 11.1 Å². The molecule has 4 heterocycles. The van der Waals surface area contributed by atoms with Crippen LogP contribution in [0.5, 0.6) is 0 Å². The van der Waals surface area contributed by atoms with E-state index in [4.69, 9.17) is 18.6 Å². The molecule has 3 aromatic rings. The van der Waals surface area contributed by atoms with Crippen molar-refractivity contribution in [1.82, 2.24) is 9.97 Å². The summed E-state index contributed by atoms with van der Waals surface area (Å²) in [6.07, 6.45) is 7.20. The van der Waals surface area contributed by atoms with Gasteiger partial charge in [-0.3, -0.25) is 9.97 Å². The topological polar surface area (TPSA) is 62.7 Å². The Balaban J connectivity index is 1.16. The third-order valence-electron chi connectivity index (χ3n) is 5.63. The smallest absolute Gasteiger partial charge is 0.407 e. The average Bonchev–Trinajstić information content (AvgIpc) is 2.85. The molecule has 0 N–H and O–H groups in total. The van der Waals surface area contributed by atoms with Crippen LogP contribution in [0.4, 0.5) is 0 Å². The number of hydrogen-bond donors (Lipinski definition) is 0. The molecule has 0 saturated carbocycles. The van der Waals surface area contributed by atoms with Crippen molar-refractivity contribution in [2.24, 2.45) is 0 Å². The molecular weight excluding hydrogens is 378 g/mol. The molecule has 0 unspecified atom stereocenters. The van der Waals surface area contributed by atoms with E-state index in [0.717, 1.165) is 10.9 Å². The van der Waals surface area contributed by atoms with Crippen LogP contribution >= 0.6 is 0 Å². The van der Waals surface area contributed by atoms with Crippen molar-refractivity contribution in [3.63, 3.8) is 0 Å². The van der Waals surface area contributed by atoms with Crippen molar-refractivity contribution in [2.45, 2.75) is 11.8 Å². The van der Waals surface area contributed by atoms with Crippen molar-refractivity contribution in [3.05, 3.63) is 84.4 Å². The summed E-state index contributed by atoms with van der Waals surface area (Å²) in [7, 11) is -0.692. The van der Waals surface area contributed by atoms with E-state index in [2.05, 4.69) is 9.97 Å². The van der Waals surface area contributed by atoms with Gasteiger partial charge in [0, 0.05) is 63.1 Å². The maximum atomic E-state index is 5.97. The Hall–Kier alpha value is -2.51. The molecule has 0 bridgehead atoms. The van der Waals surface area contributed by atoms with E-state index in [0.29, 0.717) is 26.4 Å².